The van der Waals surface area contributed by atoms with Crippen molar-refractivity contribution in [3.63, 3.8) is 0 Å². The van der Waals surface area contributed by atoms with Crippen molar-refractivity contribution in [2.75, 3.05) is 4.72 Å². The summed E-state index contributed by atoms with van der Waals surface area (Å²) in [5.74, 6) is -0.258. The number of anilines is 1. The summed E-state index contributed by atoms with van der Waals surface area (Å²) in [6.07, 6.45) is 3.57. The lowest BCUT2D eigenvalue weighted by molar-refractivity contribution is 0.0951. The Balaban J connectivity index is 1.37. The smallest absolute Gasteiger partial charge is 0.261 e. The molecule has 4 rings (SSSR count). The summed E-state index contributed by atoms with van der Waals surface area (Å²) < 4.78 is 29.6. The Hall–Kier alpha value is -3.91. The molecule has 4 aromatic rings. The first-order chi connectivity index (χ1) is 15.8. The van der Waals surface area contributed by atoms with Crippen LogP contribution in [-0.2, 0) is 16.6 Å². The highest BCUT2D eigenvalue weighted by atomic mass is 32.2. The van der Waals surface area contributed by atoms with Crippen molar-refractivity contribution >= 4 is 21.6 Å². The summed E-state index contributed by atoms with van der Waals surface area (Å²) in [6, 6.07) is 21.0. The first-order valence-corrected chi connectivity index (χ1v) is 11.9. The molecule has 0 bridgehead atoms. The number of nitrogens with one attached hydrogen (secondary N) is 2. The second-order valence-electron chi connectivity index (χ2n) is 7.74. The predicted molar refractivity (Wildman–Crippen MR) is 128 cm³/mol. The Morgan fingerprint density at radius 1 is 0.939 bits per heavy atom. The largest absolute Gasteiger partial charge is 0.348 e. The third kappa shape index (κ3) is 5.30. The van der Waals surface area contributed by atoms with Crippen molar-refractivity contribution in [2.24, 2.45) is 0 Å². The van der Waals surface area contributed by atoms with E-state index in [1.54, 1.807) is 53.3 Å². The van der Waals surface area contributed by atoms with Crippen LogP contribution in [0.5, 0.6) is 0 Å². The Morgan fingerprint density at radius 2 is 1.67 bits per heavy atom. The number of benzene rings is 3. The fourth-order valence-electron chi connectivity index (χ4n) is 3.24. The number of carbonyl (C=O) groups excluding carboxylic acids is 1. The molecule has 0 aliphatic rings. The first kappa shape index (κ1) is 22.3. The average molecular weight is 461 g/mol. The molecular weight excluding hydrogens is 436 g/mol. The van der Waals surface area contributed by atoms with Gasteiger partial charge in [-0.25, -0.2) is 13.1 Å². The van der Waals surface area contributed by atoms with Gasteiger partial charge in [-0.05, 0) is 73.5 Å². The Labute approximate surface area is 193 Å². The van der Waals surface area contributed by atoms with E-state index in [0.717, 1.165) is 22.4 Å². The van der Waals surface area contributed by atoms with Crippen LogP contribution in [0.4, 0.5) is 5.69 Å². The molecule has 0 aliphatic carbocycles. The number of carbonyl (C=O) groups is 1. The van der Waals surface area contributed by atoms with Gasteiger partial charge in [0.1, 0.15) is 0 Å². The Bertz CT molecular complexity index is 1380. The van der Waals surface area contributed by atoms with Crippen LogP contribution in [0.2, 0.25) is 0 Å². The van der Waals surface area contributed by atoms with Gasteiger partial charge in [0, 0.05) is 29.6 Å². The zero-order valence-electron chi connectivity index (χ0n) is 18.3. The molecule has 1 amide bonds. The van der Waals surface area contributed by atoms with Crippen molar-refractivity contribution < 1.29 is 13.2 Å². The zero-order chi connectivity index (χ0) is 23.4. The number of hydrogen-bond donors (Lipinski definition) is 2. The molecule has 0 atom stereocenters. The van der Waals surface area contributed by atoms with Crippen LogP contribution < -0.4 is 10.0 Å². The number of hydrogen-bond acceptors (Lipinski definition) is 4. The second-order valence-corrected chi connectivity index (χ2v) is 9.42. The minimum absolute atomic E-state index is 0.198. The van der Waals surface area contributed by atoms with Gasteiger partial charge in [-0.2, -0.15) is 5.10 Å². The van der Waals surface area contributed by atoms with Gasteiger partial charge in [0.15, 0.2) is 0 Å². The van der Waals surface area contributed by atoms with Crippen LogP contribution in [-0.4, -0.2) is 24.1 Å². The first-order valence-electron chi connectivity index (χ1n) is 10.4. The van der Waals surface area contributed by atoms with Crippen molar-refractivity contribution in [2.45, 2.75) is 25.3 Å². The molecule has 0 saturated heterocycles. The summed E-state index contributed by atoms with van der Waals surface area (Å²) in [6.45, 7) is 4.12. The average Bonchev–Trinajstić information content (AvgIpc) is 3.29. The number of para-hydroxylation sites is 1. The van der Waals surface area contributed by atoms with Crippen LogP contribution >= 0.6 is 0 Å². The fourth-order valence-corrected chi connectivity index (χ4v) is 4.39. The molecule has 0 fully saturated rings. The zero-order valence-corrected chi connectivity index (χ0v) is 19.1. The van der Waals surface area contributed by atoms with Gasteiger partial charge in [0.05, 0.1) is 16.8 Å². The fraction of sp³-hybridized carbons (Fsp3) is 0.120. The quantitative estimate of drug-likeness (QED) is 0.432. The van der Waals surface area contributed by atoms with E-state index in [2.05, 4.69) is 15.1 Å². The van der Waals surface area contributed by atoms with Gasteiger partial charge in [-0.3, -0.25) is 9.52 Å². The summed E-state index contributed by atoms with van der Waals surface area (Å²) in [7, 11) is -3.71. The van der Waals surface area contributed by atoms with E-state index in [0.29, 0.717) is 17.8 Å². The van der Waals surface area contributed by atoms with Crippen LogP contribution in [0.15, 0.2) is 90.1 Å². The van der Waals surface area contributed by atoms with E-state index >= 15 is 0 Å². The number of sulfonamides is 1. The standard InChI is InChI=1S/C25H24N4O3S/c1-18-8-13-24(14-19(18)2)33(31,32)28-22-11-9-21(10-12-22)25(30)26-15-20-16-27-29(17-20)23-6-4-3-5-7-23/h3-14,16-17,28H,15H2,1-2H3,(H,26,30). The number of aryl methyl sites for hydroxylation is 2. The maximum absolute atomic E-state index is 12.6. The summed E-state index contributed by atoms with van der Waals surface area (Å²) in [4.78, 5) is 12.7. The van der Waals surface area contributed by atoms with Crippen LogP contribution in [0.3, 0.4) is 0 Å². The summed E-state index contributed by atoms with van der Waals surface area (Å²) >= 11 is 0. The number of amides is 1. The van der Waals surface area contributed by atoms with E-state index in [1.807, 2.05) is 50.4 Å². The molecule has 0 radical (unpaired) electrons. The molecule has 0 saturated carbocycles. The lowest BCUT2D eigenvalue weighted by Gasteiger charge is -2.10. The molecular formula is C25H24N4O3S. The summed E-state index contributed by atoms with van der Waals surface area (Å²) in [5.41, 5.74) is 4.54. The van der Waals surface area contributed by atoms with Gasteiger partial charge in [-0.1, -0.05) is 24.3 Å². The highest BCUT2D eigenvalue weighted by molar-refractivity contribution is 7.92. The molecule has 0 aliphatic heterocycles. The van der Waals surface area contributed by atoms with Crippen molar-refractivity contribution in [1.82, 2.24) is 15.1 Å². The normalized spacial score (nSPS) is 11.2. The molecule has 1 aromatic heterocycles. The lowest BCUT2D eigenvalue weighted by Crippen LogP contribution is -2.22. The number of aromatic nitrogens is 2. The molecule has 168 valence electrons. The molecule has 2 N–H and O–H groups in total. The van der Waals surface area contributed by atoms with Gasteiger partial charge in [0.25, 0.3) is 15.9 Å². The van der Waals surface area contributed by atoms with Gasteiger partial charge < -0.3 is 5.32 Å². The van der Waals surface area contributed by atoms with E-state index in [-0.39, 0.29) is 10.8 Å². The van der Waals surface area contributed by atoms with E-state index in [9.17, 15) is 13.2 Å². The number of rotatable bonds is 7. The molecule has 1 heterocycles. The SMILES string of the molecule is Cc1ccc(S(=O)(=O)Nc2ccc(C(=O)NCc3cnn(-c4ccccc4)c3)cc2)cc1C. The maximum atomic E-state index is 12.6. The van der Waals surface area contributed by atoms with Gasteiger partial charge >= 0.3 is 0 Å². The predicted octanol–water partition coefficient (Wildman–Crippen LogP) is 4.22. The molecule has 3 aromatic carbocycles. The summed E-state index contributed by atoms with van der Waals surface area (Å²) in [5, 5.41) is 7.17. The van der Waals surface area contributed by atoms with Crippen molar-refractivity contribution in [1.29, 1.82) is 0 Å². The second kappa shape index (κ2) is 9.30. The van der Waals surface area contributed by atoms with Gasteiger partial charge in [0.2, 0.25) is 0 Å². The van der Waals surface area contributed by atoms with E-state index in [1.165, 1.54) is 0 Å². The van der Waals surface area contributed by atoms with Gasteiger partial charge in [-0.15, -0.1) is 0 Å². The molecule has 8 heteroatoms. The Morgan fingerprint density at radius 3 is 2.36 bits per heavy atom. The molecule has 33 heavy (non-hydrogen) atoms. The van der Waals surface area contributed by atoms with Crippen LogP contribution in [0, 0.1) is 13.8 Å². The third-order valence-corrected chi connectivity index (χ3v) is 6.68. The monoisotopic (exact) mass is 460 g/mol. The number of nitrogens with zero attached hydrogens (tertiary/aromatic N) is 2. The minimum Gasteiger partial charge on any atom is -0.348 e. The highest BCUT2D eigenvalue weighted by Crippen LogP contribution is 2.19. The highest BCUT2D eigenvalue weighted by Gasteiger charge is 2.15. The van der Waals surface area contributed by atoms with E-state index < -0.39 is 10.0 Å². The lowest BCUT2D eigenvalue weighted by atomic mass is 10.1. The molecule has 0 unspecified atom stereocenters. The van der Waals surface area contributed by atoms with Crippen LogP contribution in [0.1, 0.15) is 27.0 Å². The third-order valence-electron chi connectivity index (χ3n) is 5.30. The van der Waals surface area contributed by atoms with Crippen LogP contribution in [0.25, 0.3) is 5.69 Å². The topological polar surface area (TPSA) is 93.1 Å². The van der Waals surface area contributed by atoms with E-state index in [4.69, 9.17) is 0 Å². The van der Waals surface area contributed by atoms with Crippen molar-refractivity contribution in [3.05, 3.63) is 107 Å². The molecule has 7 nitrogen and oxygen atoms in total. The molecule has 0 spiro atoms. The minimum atomic E-state index is -3.71. The maximum Gasteiger partial charge on any atom is 0.261 e. The Kier molecular flexibility index (Phi) is 6.28. The van der Waals surface area contributed by atoms with Crippen molar-refractivity contribution in [3.8, 4) is 5.69 Å².